The van der Waals surface area contributed by atoms with Crippen molar-refractivity contribution < 1.29 is 145 Å². The van der Waals surface area contributed by atoms with Gasteiger partial charge in [-0.1, -0.05) is 0 Å². The number of hydrogen-bond donors (Lipinski definition) is 0. The van der Waals surface area contributed by atoms with Crippen LogP contribution in [-0.4, -0.2) is 17.4 Å². The molecule has 0 bridgehead atoms. The average molecular weight is 541 g/mol. The first kappa shape index (κ1) is 31.6. The van der Waals surface area contributed by atoms with Crippen LogP contribution in [0.1, 0.15) is 0 Å². The monoisotopic (exact) mass is 540 g/mol. The molecule has 0 aromatic rings. The van der Waals surface area contributed by atoms with Crippen molar-refractivity contribution in [3.05, 3.63) is 0 Å². The smallest absolute Gasteiger partial charge is 0 e. The van der Waals surface area contributed by atoms with E-state index in [0.717, 1.165) is 0 Å². The second-order valence-electron chi connectivity index (χ2n) is 0. The van der Waals surface area contributed by atoms with Crippen LogP contribution in [0, 0.1) is 119 Å². The van der Waals surface area contributed by atoms with Crippen LogP contribution in [0.4, 0.5) is 0 Å². The molecule has 0 amide bonds. The van der Waals surface area contributed by atoms with Gasteiger partial charge in [0, 0.05) is 145 Å². The molecule has 0 unspecified atom stereocenters. The van der Waals surface area contributed by atoms with Crippen molar-refractivity contribution in [1.29, 1.82) is 0 Å². The molecule has 2 radical (unpaired) electrons. The third-order valence-electron chi connectivity index (χ3n) is 0. The Morgan fingerprint density at radius 1 is 1.00 bits per heavy atom. The second kappa shape index (κ2) is 22.8. The van der Waals surface area contributed by atoms with Crippen molar-refractivity contribution in [2.75, 3.05) is 0 Å². The van der Waals surface area contributed by atoms with Gasteiger partial charge in [0.1, 0.15) is 0 Å². The van der Waals surface area contributed by atoms with Crippen molar-refractivity contribution in [2.45, 2.75) is 0 Å². The van der Waals surface area contributed by atoms with E-state index in [-0.39, 0.29) is 162 Å². The average Bonchev–Trinajstić information content (AvgIpc) is 0. The molecule has 5 heteroatoms. The van der Waals surface area contributed by atoms with Gasteiger partial charge >= 0.3 is 0 Å². The molecule has 0 saturated heterocycles. The van der Waals surface area contributed by atoms with E-state index >= 15 is 0 Å². The summed E-state index contributed by atoms with van der Waals surface area (Å²) in [5.74, 6) is 0. The fraction of sp³-hybridized carbons (Fsp3) is 0. The minimum Gasteiger partial charge on any atom is 0 e. The maximum Gasteiger partial charge on any atom is 0.187 e. The molecular formula is H3AlCeLaPrZr. The summed E-state index contributed by atoms with van der Waals surface area (Å²) in [6.07, 6.45) is 0. The molecule has 0 aliphatic carbocycles. The summed E-state index contributed by atoms with van der Waals surface area (Å²) in [6, 6.07) is 0. The summed E-state index contributed by atoms with van der Waals surface area (Å²) in [4.78, 5) is 0. The van der Waals surface area contributed by atoms with Crippen LogP contribution in [-0.2, 0) is 26.2 Å². The molecule has 0 rings (SSSR count). The zero-order chi connectivity index (χ0) is 0. The Morgan fingerprint density at radius 3 is 1.00 bits per heavy atom. The van der Waals surface area contributed by atoms with E-state index in [1.165, 1.54) is 0 Å². The van der Waals surface area contributed by atoms with Crippen molar-refractivity contribution in [3.8, 4) is 0 Å². The zero-order valence-corrected chi connectivity index (χ0v) is 15.1. The number of rotatable bonds is 0. The largest absolute Gasteiger partial charge is 0.187 e. The molecule has 0 saturated carbocycles. The zero-order valence-electron chi connectivity index (χ0n) is 2.15. The van der Waals surface area contributed by atoms with Crippen molar-refractivity contribution in [2.24, 2.45) is 0 Å². The Hall–Kier alpha value is 5.35. The molecule has 0 aromatic heterocycles. The number of hydrogen-bond acceptors (Lipinski definition) is 0. The van der Waals surface area contributed by atoms with E-state index in [1.54, 1.807) is 0 Å². The standard InChI is InChI=1S/Al.Ce.La.Pr.Zr.3H. The maximum absolute atomic E-state index is 0. The van der Waals surface area contributed by atoms with Crippen LogP contribution in [0.3, 0.4) is 0 Å². The van der Waals surface area contributed by atoms with Gasteiger partial charge in [-0.05, 0) is 0 Å². The van der Waals surface area contributed by atoms with Gasteiger partial charge in [0.25, 0.3) is 0 Å². The summed E-state index contributed by atoms with van der Waals surface area (Å²) < 4.78 is 0. The minimum absolute atomic E-state index is 0. The molecule has 0 aromatic carbocycles. The first-order chi connectivity index (χ1) is 0. The fourth-order valence-electron chi connectivity index (χ4n) is 0. The molecule has 20 valence electrons. The topological polar surface area (TPSA) is 0 Å². The second-order valence-corrected chi connectivity index (χ2v) is 0. The molecule has 0 nitrogen and oxygen atoms in total. The Morgan fingerprint density at radius 2 is 1.00 bits per heavy atom. The molecule has 0 N–H and O–H groups in total. The van der Waals surface area contributed by atoms with Gasteiger partial charge in [-0.2, -0.15) is 0 Å². The first-order valence-corrected chi connectivity index (χ1v) is 0. The minimum atomic E-state index is 0. The van der Waals surface area contributed by atoms with Gasteiger partial charge in [-0.25, -0.2) is 0 Å². The summed E-state index contributed by atoms with van der Waals surface area (Å²) in [5.41, 5.74) is 0. The Kier molecular flexibility index (Phi) is 144. The quantitative estimate of drug-likeness (QED) is 0.339. The van der Waals surface area contributed by atoms with Crippen molar-refractivity contribution >= 4 is 17.4 Å². The molecule has 0 aliphatic heterocycles. The van der Waals surface area contributed by atoms with Crippen molar-refractivity contribution in [3.63, 3.8) is 0 Å². The summed E-state index contributed by atoms with van der Waals surface area (Å²) >= 11 is 0. The van der Waals surface area contributed by atoms with Crippen LogP contribution in [0.25, 0.3) is 0 Å². The van der Waals surface area contributed by atoms with E-state index in [0.29, 0.717) is 0 Å². The third kappa shape index (κ3) is 17.6. The van der Waals surface area contributed by atoms with Gasteiger partial charge in [0.2, 0.25) is 0 Å². The van der Waals surface area contributed by atoms with Crippen molar-refractivity contribution in [1.82, 2.24) is 0 Å². The Bertz CT molecular complexity index is 11.6. The van der Waals surface area contributed by atoms with Gasteiger partial charge in [0.15, 0.2) is 17.4 Å². The van der Waals surface area contributed by atoms with E-state index in [4.69, 9.17) is 0 Å². The van der Waals surface area contributed by atoms with Crippen LogP contribution in [0.5, 0.6) is 0 Å². The van der Waals surface area contributed by atoms with Gasteiger partial charge in [-0.3, -0.25) is 0 Å². The van der Waals surface area contributed by atoms with Gasteiger partial charge in [-0.15, -0.1) is 0 Å². The fourth-order valence-corrected chi connectivity index (χ4v) is 0. The normalized spacial score (nSPS) is 0. The molecule has 0 fully saturated rings. The van der Waals surface area contributed by atoms with E-state index in [9.17, 15) is 0 Å². The Balaban J connectivity index is 0. The third-order valence-corrected chi connectivity index (χ3v) is 0. The van der Waals surface area contributed by atoms with E-state index < -0.39 is 0 Å². The molecule has 5 heavy (non-hydrogen) atoms. The van der Waals surface area contributed by atoms with Crippen LogP contribution in [0.15, 0.2) is 0 Å². The van der Waals surface area contributed by atoms with Crippen LogP contribution >= 0.6 is 0 Å². The van der Waals surface area contributed by atoms with Gasteiger partial charge in [0.05, 0.1) is 0 Å². The maximum atomic E-state index is 0. The van der Waals surface area contributed by atoms with Crippen LogP contribution < -0.4 is 0 Å². The SMILES string of the molecule is [AlH3].[Ce].[La].[Pr].[Zr]. The molecule has 0 atom stereocenters. The molecule has 0 heterocycles. The molecule has 0 aliphatic rings. The summed E-state index contributed by atoms with van der Waals surface area (Å²) in [6.45, 7) is 0. The molecular weight excluding hydrogens is 538 g/mol. The predicted molar refractivity (Wildman–Crippen MR) is 9.94 cm³/mol. The van der Waals surface area contributed by atoms with Crippen LogP contribution in [0.2, 0.25) is 0 Å². The Labute approximate surface area is 157 Å². The summed E-state index contributed by atoms with van der Waals surface area (Å²) in [5, 5.41) is 0. The predicted octanol–water partition coefficient (Wildman–Crippen LogP) is -1.19. The summed E-state index contributed by atoms with van der Waals surface area (Å²) in [7, 11) is 0. The van der Waals surface area contributed by atoms with E-state index in [1.807, 2.05) is 0 Å². The van der Waals surface area contributed by atoms with Gasteiger partial charge < -0.3 is 0 Å². The first-order valence-electron chi connectivity index (χ1n) is 0. The van der Waals surface area contributed by atoms with E-state index in [2.05, 4.69) is 0 Å². The molecule has 0 spiro atoms.